The molecule has 13 heavy (non-hydrogen) atoms. The fraction of sp³-hybridized carbons (Fsp3) is 0. The zero-order chi connectivity index (χ0) is 9.10. The molecule has 0 saturated heterocycles. The molecule has 0 aliphatic rings. The molecule has 0 aromatic carbocycles. The molecule has 0 spiro atoms. The summed E-state index contributed by atoms with van der Waals surface area (Å²) in [5, 5.41) is 12.8. The quantitative estimate of drug-likeness (QED) is 0.644. The first-order chi connectivity index (χ1) is 6.42. The Bertz CT molecular complexity index is 439. The van der Waals surface area contributed by atoms with Crippen molar-refractivity contribution < 1.29 is 0 Å². The van der Waals surface area contributed by atoms with Crippen molar-refractivity contribution in [3.63, 3.8) is 0 Å². The molecule has 4 heteroatoms. The van der Waals surface area contributed by atoms with Crippen molar-refractivity contribution in [3.05, 3.63) is 42.5 Å². The van der Waals surface area contributed by atoms with E-state index in [1.165, 1.54) is 0 Å². The second-order valence-electron chi connectivity index (χ2n) is 2.43. The lowest BCUT2D eigenvalue weighted by molar-refractivity contribution is 0.869. The van der Waals surface area contributed by atoms with Gasteiger partial charge in [0.1, 0.15) is 11.8 Å². The first-order valence-corrected chi connectivity index (χ1v) is 3.77. The van der Waals surface area contributed by atoms with Gasteiger partial charge in [0, 0.05) is 18.6 Å². The maximum atomic E-state index is 8.76. The Hall–Kier alpha value is -2.15. The molecule has 0 aliphatic heterocycles. The highest BCUT2D eigenvalue weighted by Crippen LogP contribution is 2.08. The molecule has 0 radical (unpaired) electrons. The van der Waals surface area contributed by atoms with Crippen LogP contribution in [0.1, 0.15) is 5.69 Å². The minimum absolute atomic E-state index is 0.381. The summed E-state index contributed by atoms with van der Waals surface area (Å²) in [6, 6.07) is 7.39. The monoisotopic (exact) mass is 170 g/mol. The van der Waals surface area contributed by atoms with Crippen LogP contribution < -0.4 is 0 Å². The van der Waals surface area contributed by atoms with Crippen molar-refractivity contribution in [3.8, 4) is 11.8 Å². The van der Waals surface area contributed by atoms with Gasteiger partial charge in [-0.3, -0.25) is 0 Å². The van der Waals surface area contributed by atoms with Crippen LogP contribution in [0.15, 0.2) is 36.8 Å². The second-order valence-corrected chi connectivity index (χ2v) is 2.43. The van der Waals surface area contributed by atoms with Gasteiger partial charge in [0.25, 0.3) is 0 Å². The zero-order valence-corrected chi connectivity index (χ0v) is 6.75. The molecule has 0 bridgehead atoms. The van der Waals surface area contributed by atoms with E-state index in [1.54, 1.807) is 41.5 Å². The molecular formula is C9H6N4. The standard InChI is InChI=1S/C9H6N4/c10-7-8-9(3-1-4-11-8)13-6-2-5-12-13/h1-6H. The number of hydrogen-bond acceptors (Lipinski definition) is 3. The van der Waals surface area contributed by atoms with E-state index < -0.39 is 0 Å². The van der Waals surface area contributed by atoms with Gasteiger partial charge in [-0.1, -0.05) is 0 Å². The van der Waals surface area contributed by atoms with E-state index in [0.29, 0.717) is 11.4 Å². The van der Waals surface area contributed by atoms with Gasteiger partial charge in [0.2, 0.25) is 0 Å². The molecule has 2 heterocycles. The van der Waals surface area contributed by atoms with Gasteiger partial charge in [-0.2, -0.15) is 10.4 Å². The number of hydrogen-bond donors (Lipinski definition) is 0. The molecule has 0 saturated carbocycles. The highest BCUT2D eigenvalue weighted by molar-refractivity contribution is 5.42. The fourth-order valence-electron chi connectivity index (χ4n) is 1.08. The topological polar surface area (TPSA) is 54.5 Å². The molecule has 0 N–H and O–H groups in total. The number of rotatable bonds is 1. The van der Waals surface area contributed by atoms with Crippen LogP contribution in [0.4, 0.5) is 0 Å². The van der Waals surface area contributed by atoms with Crippen molar-refractivity contribution in [1.29, 1.82) is 5.26 Å². The molecule has 4 nitrogen and oxygen atoms in total. The van der Waals surface area contributed by atoms with E-state index in [0.717, 1.165) is 0 Å². The molecule has 0 unspecified atom stereocenters. The van der Waals surface area contributed by atoms with E-state index in [2.05, 4.69) is 10.1 Å². The summed E-state index contributed by atoms with van der Waals surface area (Å²) in [7, 11) is 0. The van der Waals surface area contributed by atoms with Crippen LogP contribution in [0.5, 0.6) is 0 Å². The normalized spacial score (nSPS) is 9.46. The third-order valence-corrected chi connectivity index (χ3v) is 1.64. The van der Waals surface area contributed by atoms with Gasteiger partial charge in [0.05, 0.1) is 0 Å². The molecule has 2 rings (SSSR count). The highest BCUT2D eigenvalue weighted by atomic mass is 15.3. The van der Waals surface area contributed by atoms with Crippen LogP contribution in [-0.2, 0) is 0 Å². The van der Waals surface area contributed by atoms with Gasteiger partial charge in [-0.15, -0.1) is 0 Å². The number of aromatic nitrogens is 3. The Morgan fingerprint density at radius 3 is 2.92 bits per heavy atom. The van der Waals surface area contributed by atoms with E-state index in [4.69, 9.17) is 5.26 Å². The van der Waals surface area contributed by atoms with Gasteiger partial charge < -0.3 is 0 Å². The average Bonchev–Trinajstić information content (AvgIpc) is 2.70. The number of nitriles is 1. The second kappa shape index (κ2) is 3.07. The molecule has 0 aliphatic carbocycles. The first kappa shape index (κ1) is 7.50. The van der Waals surface area contributed by atoms with Crippen LogP contribution in [0.2, 0.25) is 0 Å². The number of nitrogens with zero attached hydrogens (tertiary/aromatic N) is 4. The lowest BCUT2D eigenvalue weighted by atomic mass is 10.3. The van der Waals surface area contributed by atoms with Crippen LogP contribution in [0.25, 0.3) is 5.69 Å². The summed E-state index contributed by atoms with van der Waals surface area (Å²) >= 11 is 0. The van der Waals surface area contributed by atoms with Gasteiger partial charge >= 0.3 is 0 Å². The van der Waals surface area contributed by atoms with Crippen molar-refractivity contribution in [2.24, 2.45) is 0 Å². The lowest BCUT2D eigenvalue weighted by Gasteiger charge is -2.00. The SMILES string of the molecule is N#Cc1ncccc1-n1cccn1. The molecule has 0 amide bonds. The van der Waals surface area contributed by atoms with Crippen molar-refractivity contribution in [2.45, 2.75) is 0 Å². The third-order valence-electron chi connectivity index (χ3n) is 1.64. The van der Waals surface area contributed by atoms with Crippen molar-refractivity contribution >= 4 is 0 Å². The summed E-state index contributed by atoms with van der Waals surface area (Å²) in [5.41, 5.74) is 1.08. The Labute approximate surface area is 75.1 Å². The lowest BCUT2D eigenvalue weighted by Crippen LogP contribution is -1.98. The van der Waals surface area contributed by atoms with Gasteiger partial charge in [-0.25, -0.2) is 9.67 Å². The smallest absolute Gasteiger partial charge is 0.166 e. The maximum Gasteiger partial charge on any atom is 0.166 e. The Balaban J connectivity index is 2.59. The number of pyridine rings is 1. The summed E-state index contributed by atoms with van der Waals surface area (Å²) in [6.45, 7) is 0. The van der Waals surface area contributed by atoms with E-state index >= 15 is 0 Å². The van der Waals surface area contributed by atoms with E-state index in [-0.39, 0.29) is 0 Å². The van der Waals surface area contributed by atoms with Crippen molar-refractivity contribution in [1.82, 2.24) is 14.8 Å². The maximum absolute atomic E-state index is 8.76. The minimum atomic E-state index is 0.381. The third kappa shape index (κ3) is 1.27. The zero-order valence-electron chi connectivity index (χ0n) is 6.75. The average molecular weight is 170 g/mol. The van der Waals surface area contributed by atoms with Gasteiger partial charge in [0.15, 0.2) is 5.69 Å². The summed E-state index contributed by atoms with van der Waals surface area (Å²) in [5.74, 6) is 0. The molecular weight excluding hydrogens is 164 g/mol. The summed E-state index contributed by atoms with van der Waals surface area (Å²) in [6.07, 6.45) is 5.03. The first-order valence-electron chi connectivity index (χ1n) is 3.77. The highest BCUT2D eigenvalue weighted by Gasteiger charge is 2.02. The van der Waals surface area contributed by atoms with E-state index in [9.17, 15) is 0 Å². The van der Waals surface area contributed by atoms with Crippen LogP contribution in [0.3, 0.4) is 0 Å². The Morgan fingerprint density at radius 1 is 1.31 bits per heavy atom. The van der Waals surface area contributed by atoms with E-state index in [1.807, 2.05) is 6.07 Å². The van der Waals surface area contributed by atoms with Crippen LogP contribution in [0, 0.1) is 11.3 Å². The largest absolute Gasteiger partial charge is 0.243 e. The molecule has 2 aromatic heterocycles. The van der Waals surface area contributed by atoms with Crippen molar-refractivity contribution in [2.75, 3.05) is 0 Å². The molecule has 0 fully saturated rings. The fourth-order valence-corrected chi connectivity index (χ4v) is 1.08. The predicted molar refractivity (Wildman–Crippen MR) is 46.1 cm³/mol. The molecule has 62 valence electrons. The Kier molecular flexibility index (Phi) is 1.77. The minimum Gasteiger partial charge on any atom is -0.243 e. The van der Waals surface area contributed by atoms with Crippen LogP contribution >= 0.6 is 0 Å². The van der Waals surface area contributed by atoms with Crippen LogP contribution in [-0.4, -0.2) is 14.8 Å². The van der Waals surface area contributed by atoms with Gasteiger partial charge in [-0.05, 0) is 18.2 Å². The molecule has 2 aromatic rings. The summed E-state index contributed by atoms with van der Waals surface area (Å²) < 4.78 is 1.62. The summed E-state index contributed by atoms with van der Waals surface area (Å²) in [4.78, 5) is 3.93. The Morgan fingerprint density at radius 2 is 2.23 bits per heavy atom. The predicted octanol–water partition coefficient (Wildman–Crippen LogP) is 1.14. The molecule has 0 atom stereocenters.